The Morgan fingerprint density at radius 1 is 0.970 bits per heavy atom. The number of nitrogens with one attached hydrogen (secondary N) is 1. The Labute approximate surface area is 194 Å². The summed E-state index contributed by atoms with van der Waals surface area (Å²) in [5, 5.41) is 5.33. The molecule has 4 aromatic rings. The zero-order valence-corrected chi connectivity index (χ0v) is 18.5. The van der Waals surface area contributed by atoms with E-state index in [0.29, 0.717) is 22.7 Å². The molecule has 1 aliphatic rings. The molecule has 0 bridgehead atoms. The summed E-state index contributed by atoms with van der Waals surface area (Å²) < 4.78 is 0. The minimum Gasteiger partial charge on any atom is -0.335 e. The molecule has 0 unspecified atom stereocenters. The number of benzene rings is 1. The van der Waals surface area contributed by atoms with E-state index in [1.807, 2.05) is 67.6 Å². The van der Waals surface area contributed by atoms with Gasteiger partial charge in [-0.2, -0.15) is 5.10 Å². The molecule has 2 aromatic heterocycles. The Bertz CT molecular complexity index is 1400. The third kappa shape index (κ3) is 3.85. The third-order valence-electron chi connectivity index (χ3n) is 5.26. The Hall–Kier alpha value is -4.04. The van der Waals surface area contributed by atoms with Crippen LogP contribution in [0, 0.1) is 0 Å². The summed E-state index contributed by atoms with van der Waals surface area (Å²) in [4.78, 5) is 36.8. The van der Waals surface area contributed by atoms with Crippen LogP contribution in [-0.4, -0.2) is 22.2 Å². The van der Waals surface area contributed by atoms with Gasteiger partial charge in [0.05, 0.1) is 27.7 Å². The highest BCUT2D eigenvalue weighted by atomic mass is 32.2. The van der Waals surface area contributed by atoms with Crippen LogP contribution in [0.25, 0.3) is 6.08 Å². The largest absolute Gasteiger partial charge is 0.335 e. The van der Waals surface area contributed by atoms with E-state index in [2.05, 4.69) is 25.4 Å². The van der Waals surface area contributed by atoms with E-state index in [-0.39, 0.29) is 5.69 Å². The second kappa shape index (κ2) is 8.84. The smallest absolute Gasteiger partial charge is 0.252 e. The Morgan fingerprint density at radius 2 is 1.64 bits per heavy atom. The number of thioether (sulfide) groups is 1. The molecule has 3 heterocycles. The van der Waals surface area contributed by atoms with Crippen LogP contribution in [0.2, 0.25) is 0 Å². The van der Waals surface area contributed by atoms with Gasteiger partial charge in [0.1, 0.15) is 11.4 Å². The Kier molecular flexibility index (Phi) is 5.58. The zero-order chi connectivity index (χ0) is 22.8. The first-order chi connectivity index (χ1) is 16.2. The molecule has 0 atom stereocenters. The lowest BCUT2D eigenvalue weighted by atomic mass is 10.1. The molecule has 0 spiro atoms. The van der Waals surface area contributed by atoms with Crippen molar-refractivity contribution >= 4 is 34.9 Å². The molecule has 0 amide bonds. The number of anilines is 2. The number of hydrogen-bond acceptors (Lipinski definition) is 8. The van der Waals surface area contributed by atoms with Crippen molar-refractivity contribution in [3.05, 3.63) is 115 Å². The molecular formula is C25H19N5O2S. The standard InChI is InChI=1S/C25H19N5O2S/c1-2-30-19-11-3-4-12-20(19)33-21(30)15-16-22(25(32)24(16)31)28-29-23(17-9-5-7-13-26-17)18-10-6-8-14-27-18/h3-15,28H,2H2,1H3/b21-15-. The fourth-order valence-corrected chi connectivity index (χ4v) is 4.80. The molecule has 1 aliphatic heterocycles. The van der Waals surface area contributed by atoms with Crippen LogP contribution in [0.5, 0.6) is 0 Å². The summed E-state index contributed by atoms with van der Waals surface area (Å²) in [7, 11) is 0. The molecular weight excluding hydrogens is 434 g/mol. The van der Waals surface area contributed by atoms with Gasteiger partial charge in [-0.1, -0.05) is 36.0 Å². The van der Waals surface area contributed by atoms with Gasteiger partial charge < -0.3 is 4.90 Å². The van der Waals surface area contributed by atoms with E-state index in [1.54, 1.807) is 30.2 Å². The average Bonchev–Trinajstić information content (AvgIpc) is 3.23. The van der Waals surface area contributed by atoms with E-state index >= 15 is 0 Å². The first-order valence-corrected chi connectivity index (χ1v) is 11.2. The van der Waals surface area contributed by atoms with Crippen molar-refractivity contribution in [3.8, 4) is 0 Å². The average molecular weight is 454 g/mol. The van der Waals surface area contributed by atoms with Crippen LogP contribution in [-0.2, 0) is 0 Å². The minimum atomic E-state index is -0.587. The summed E-state index contributed by atoms with van der Waals surface area (Å²) in [5.41, 5.74) is 4.96. The maximum Gasteiger partial charge on any atom is 0.252 e. The highest BCUT2D eigenvalue weighted by Gasteiger charge is 2.26. The van der Waals surface area contributed by atoms with Crippen LogP contribution in [0.3, 0.4) is 0 Å². The lowest BCUT2D eigenvalue weighted by Crippen LogP contribution is -2.36. The summed E-state index contributed by atoms with van der Waals surface area (Å²) in [6.45, 7) is 2.80. The summed E-state index contributed by atoms with van der Waals surface area (Å²) in [6.07, 6.45) is 5.08. The summed E-state index contributed by atoms with van der Waals surface area (Å²) >= 11 is 1.58. The van der Waals surface area contributed by atoms with Gasteiger partial charge in [0, 0.05) is 23.8 Å². The predicted octanol–water partition coefficient (Wildman–Crippen LogP) is 3.87. The highest BCUT2D eigenvalue weighted by molar-refractivity contribution is 8.03. The molecule has 33 heavy (non-hydrogen) atoms. The molecule has 1 N–H and O–H groups in total. The normalized spacial score (nSPS) is 13.8. The Morgan fingerprint density at radius 3 is 2.27 bits per heavy atom. The maximum absolute atomic E-state index is 12.4. The number of nitrogens with zero attached hydrogens (tertiary/aromatic N) is 4. The van der Waals surface area contributed by atoms with Gasteiger partial charge in [0.2, 0.25) is 5.43 Å². The zero-order valence-electron chi connectivity index (χ0n) is 17.7. The second-order valence-corrected chi connectivity index (χ2v) is 8.31. The third-order valence-corrected chi connectivity index (χ3v) is 6.37. The highest BCUT2D eigenvalue weighted by Crippen LogP contribution is 2.46. The fraction of sp³-hybridized carbons (Fsp3) is 0.0800. The van der Waals surface area contributed by atoms with Gasteiger partial charge in [-0.05, 0) is 49.4 Å². The number of para-hydroxylation sites is 1. The minimum absolute atomic E-state index is 0.171. The van der Waals surface area contributed by atoms with Crippen LogP contribution in [0.15, 0.2) is 97.7 Å². The van der Waals surface area contributed by atoms with Crippen molar-refractivity contribution < 1.29 is 0 Å². The van der Waals surface area contributed by atoms with E-state index in [9.17, 15) is 9.59 Å². The van der Waals surface area contributed by atoms with Gasteiger partial charge in [-0.15, -0.1) is 0 Å². The van der Waals surface area contributed by atoms with Gasteiger partial charge in [-0.25, -0.2) is 0 Å². The van der Waals surface area contributed by atoms with Crippen LogP contribution in [0.4, 0.5) is 11.4 Å². The summed E-state index contributed by atoms with van der Waals surface area (Å²) in [5.74, 6) is 0. The van der Waals surface area contributed by atoms with Crippen LogP contribution >= 0.6 is 11.8 Å². The van der Waals surface area contributed by atoms with Crippen molar-refractivity contribution in [2.75, 3.05) is 16.9 Å². The van der Waals surface area contributed by atoms with Gasteiger partial charge >= 0.3 is 0 Å². The van der Waals surface area contributed by atoms with Crippen LogP contribution < -0.4 is 21.2 Å². The number of hydrazone groups is 1. The number of fused-ring (bicyclic) bond motifs is 1. The van der Waals surface area contributed by atoms with Gasteiger partial charge in [0.15, 0.2) is 0 Å². The van der Waals surface area contributed by atoms with Crippen molar-refractivity contribution in [1.82, 2.24) is 9.97 Å². The quantitative estimate of drug-likeness (QED) is 0.269. The molecule has 0 saturated carbocycles. The number of hydrogen-bond donors (Lipinski definition) is 1. The molecule has 7 nitrogen and oxygen atoms in total. The number of aromatic nitrogens is 2. The molecule has 0 radical (unpaired) electrons. The van der Waals surface area contributed by atoms with Crippen molar-refractivity contribution in [1.29, 1.82) is 0 Å². The van der Waals surface area contributed by atoms with Crippen molar-refractivity contribution in [2.24, 2.45) is 5.10 Å². The molecule has 162 valence electrons. The summed E-state index contributed by atoms with van der Waals surface area (Å²) in [6, 6.07) is 19.0. The van der Waals surface area contributed by atoms with Crippen molar-refractivity contribution in [3.63, 3.8) is 0 Å². The first kappa shape index (κ1) is 20.8. The first-order valence-electron chi connectivity index (χ1n) is 10.4. The lowest BCUT2D eigenvalue weighted by Gasteiger charge is -2.18. The second-order valence-electron chi connectivity index (χ2n) is 7.25. The van der Waals surface area contributed by atoms with Crippen LogP contribution in [0.1, 0.15) is 23.9 Å². The van der Waals surface area contributed by atoms with E-state index in [1.165, 1.54) is 0 Å². The van der Waals surface area contributed by atoms with Gasteiger partial charge in [0.25, 0.3) is 5.43 Å². The molecule has 5 rings (SSSR count). The predicted molar refractivity (Wildman–Crippen MR) is 132 cm³/mol. The lowest BCUT2D eigenvalue weighted by molar-refractivity contribution is 1.01. The van der Waals surface area contributed by atoms with Gasteiger partial charge in [-0.3, -0.25) is 25.0 Å². The molecule has 0 aliphatic carbocycles. The molecule has 0 fully saturated rings. The topological polar surface area (TPSA) is 87.5 Å². The SMILES string of the molecule is CCN1/C(=C/c2c(NN=C(c3ccccn3)c3ccccn3)c(=O)c2=O)Sc2ccccc21. The van der Waals surface area contributed by atoms with E-state index < -0.39 is 10.9 Å². The molecule has 2 aromatic carbocycles. The fourth-order valence-electron chi connectivity index (χ4n) is 3.63. The van der Waals surface area contributed by atoms with Crippen molar-refractivity contribution in [2.45, 2.75) is 11.8 Å². The maximum atomic E-state index is 12.4. The molecule has 0 saturated heterocycles. The van der Waals surface area contributed by atoms with E-state index in [4.69, 9.17) is 0 Å². The monoisotopic (exact) mass is 453 g/mol. The Balaban J connectivity index is 1.51. The number of pyridine rings is 2. The molecule has 8 heteroatoms. The van der Waals surface area contributed by atoms with E-state index in [0.717, 1.165) is 22.2 Å². The number of rotatable bonds is 6.